The van der Waals surface area contributed by atoms with Gasteiger partial charge in [-0.1, -0.05) is 17.7 Å². The van der Waals surface area contributed by atoms with Gasteiger partial charge in [0.1, 0.15) is 6.10 Å². The molecule has 0 radical (unpaired) electrons. The number of halogens is 3. The number of likely N-dealkylation sites (tertiary alicyclic amines) is 1. The van der Waals surface area contributed by atoms with Crippen LogP contribution in [0, 0.1) is 31.4 Å². The fourth-order valence-corrected chi connectivity index (χ4v) is 4.32. The molecule has 1 aliphatic rings. The average molecular weight is 473 g/mol. The first-order chi connectivity index (χ1) is 15.7. The summed E-state index contributed by atoms with van der Waals surface area (Å²) >= 11 is 5.90. The van der Waals surface area contributed by atoms with E-state index >= 15 is 0 Å². The van der Waals surface area contributed by atoms with E-state index in [0.717, 1.165) is 6.07 Å². The molecule has 1 aliphatic heterocycles. The molecule has 0 saturated carbocycles. The number of carbonyl (C=O) groups is 1. The van der Waals surface area contributed by atoms with E-state index in [1.54, 1.807) is 43.0 Å². The van der Waals surface area contributed by atoms with Gasteiger partial charge in [-0.3, -0.25) is 4.79 Å². The summed E-state index contributed by atoms with van der Waals surface area (Å²) in [6.45, 7) is 6.09. The summed E-state index contributed by atoms with van der Waals surface area (Å²) in [5, 5.41) is 8.53. The zero-order valence-electron chi connectivity index (χ0n) is 18.4. The van der Waals surface area contributed by atoms with E-state index in [2.05, 4.69) is 15.2 Å². The Balaban J connectivity index is 1.64. The number of amides is 1. The number of hydrogen-bond donors (Lipinski definition) is 0. The zero-order valence-corrected chi connectivity index (χ0v) is 19.2. The molecule has 1 amide bonds. The molecule has 0 aliphatic carbocycles. The molecule has 2 aromatic heterocycles. The maximum atomic E-state index is 14.0. The topological polar surface area (TPSA) is 68.2 Å². The molecule has 3 heterocycles. The van der Waals surface area contributed by atoms with Gasteiger partial charge in [0.2, 0.25) is 5.88 Å². The summed E-state index contributed by atoms with van der Waals surface area (Å²) in [5.41, 5.74) is 2.25. The number of hydrogen-bond acceptors (Lipinski definition) is 5. The van der Waals surface area contributed by atoms with Crippen molar-refractivity contribution in [2.24, 2.45) is 5.92 Å². The lowest BCUT2D eigenvalue weighted by Gasteiger charge is -2.25. The van der Waals surface area contributed by atoms with Crippen molar-refractivity contribution in [3.63, 3.8) is 0 Å². The summed E-state index contributed by atoms with van der Waals surface area (Å²) in [5.74, 6) is -2.07. The smallest absolute Gasteiger partial charge is 0.255 e. The van der Waals surface area contributed by atoms with Crippen molar-refractivity contribution in [2.75, 3.05) is 13.1 Å². The molecule has 0 spiro atoms. The van der Waals surface area contributed by atoms with Crippen LogP contribution in [0.2, 0.25) is 5.02 Å². The van der Waals surface area contributed by atoms with Crippen LogP contribution in [0.15, 0.2) is 42.6 Å². The van der Waals surface area contributed by atoms with Crippen molar-refractivity contribution in [1.29, 1.82) is 0 Å². The molecule has 3 atom stereocenters. The van der Waals surface area contributed by atoms with Crippen molar-refractivity contribution in [1.82, 2.24) is 20.1 Å². The van der Waals surface area contributed by atoms with Gasteiger partial charge in [0.15, 0.2) is 11.6 Å². The molecular weight excluding hydrogens is 450 g/mol. The van der Waals surface area contributed by atoms with Crippen LogP contribution in [0.1, 0.15) is 40.2 Å². The van der Waals surface area contributed by atoms with E-state index in [4.69, 9.17) is 16.3 Å². The van der Waals surface area contributed by atoms with Crippen LogP contribution in [-0.2, 0) is 0 Å². The van der Waals surface area contributed by atoms with Crippen LogP contribution in [0.5, 0.6) is 5.88 Å². The Morgan fingerprint density at radius 2 is 1.91 bits per heavy atom. The summed E-state index contributed by atoms with van der Waals surface area (Å²) in [6.07, 6.45) is 1.12. The van der Waals surface area contributed by atoms with Crippen LogP contribution >= 0.6 is 11.6 Å². The molecule has 0 unspecified atom stereocenters. The zero-order chi connectivity index (χ0) is 23.7. The quantitative estimate of drug-likeness (QED) is 0.536. The number of nitrogens with zero attached hydrogens (tertiary/aromatic N) is 4. The van der Waals surface area contributed by atoms with E-state index < -0.39 is 11.6 Å². The number of ether oxygens (including phenoxy) is 1. The molecular formula is C24H23ClF2N4O2. The van der Waals surface area contributed by atoms with Gasteiger partial charge < -0.3 is 9.64 Å². The number of benzene rings is 1. The minimum atomic E-state index is -0.922. The molecule has 9 heteroatoms. The Bertz CT molecular complexity index is 1180. The molecule has 0 N–H and O–H groups in total. The third kappa shape index (κ3) is 4.95. The first-order valence-electron chi connectivity index (χ1n) is 10.6. The van der Waals surface area contributed by atoms with Crippen LogP contribution in [0.3, 0.4) is 0 Å². The van der Waals surface area contributed by atoms with Gasteiger partial charge >= 0.3 is 0 Å². The minimum Gasteiger partial charge on any atom is -0.474 e. The number of aryl methyl sites for hydroxylation is 2. The van der Waals surface area contributed by atoms with Crippen molar-refractivity contribution in [2.45, 2.75) is 32.8 Å². The molecule has 172 valence electrons. The molecule has 1 aromatic carbocycles. The fraction of sp³-hybridized carbons (Fsp3) is 0.333. The lowest BCUT2D eigenvalue weighted by Crippen LogP contribution is -2.32. The maximum absolute atomic E-state index is 14.0. The third-order valence-corrected chi connectivity index (χ3v) is 6.19. The normalized spacial score (nSPS) is 18.9. The lowest BCUT2D eigenvalue weighted by molar-refractivity contribution is 0.0768. The highest BCUT2D eigenvalue weighted by Crippen LogP contribution is 2.37. The van der Waals surface area contributed by atoms with Crippen LogP contribution < -0.4 is 4.74 Å². The first kappa shape index (κ1) is 23.0. The average Bonchev–Trinajstić information content (AvgIpc) is 3.24. The molecule has 1 fully saturated rings. The van der Waals surface area contributed by atoms with Crippen LogP contribution in [0.25, 0.3) is 0 Å². The van der Waals surface area contributed by atoms with Gasteiger partial charge in [-0.2, -0.15) is 10.2 Å². The Morgan fingerprint density at radius 3 is 2.61 bits per heavy atom. The molecule has 3 aromatic rings. The van der Waals surface area contributed by atoms with Gasteiger partial charge in [0.05, 0.1) is 22.0 Å². The molecule has 33 heavy (non-hydrogen) atoms. The van der Waals surface area contributed by atoms with Crippen molar-refractivity contribution in [3.8, 4) is 5.88 Å². The molecule has 1 saturated heterocycles. The van der Waals surface area contributed by atoms with Gasteiger partial charge in [0.25, 0.3) is 5.91 Å². The summed E-state index contributed by atoms with van der Waals surface area (Å²) in [4.78, 5) is 19.2. The Morgan fingerprint density at radius 1 is 1.12 bits per heavy atom. The summed E-state index contributed by atoms with van der Waals surface area (Å²) < 4.78 is 33.7. The highest BCUT2D eigenvalue weighted by molar-refractivity contribution is 6.30. The van der Waals surface area contributed by atoms with Gasteiger partial charge in [0, 0.05) is 37.2 Å². The largest absolute Gasteiger partial charge is 0.474 e. The van der Waals surface area contributed by atoms with Gasteiger partial charge in [-0.25, -0.2) is 13.8 Å². The summed E-state index contributed by atoms with van der Waals surface area (Å²) in [7, 11) is 0. The van der Waals surface area contributed by atoms with Gasteiger partial charge in [-0.05, 0) is 50.6 Å². The monoisotopic (exact) mass is 472 g/mol. The van der Waals surface area contributed by atoms with E-state index in [1.807, 2.05) is 6.92 Å². The predicted molar refractivity (Wildman–Crippen MR) is 119 cm³/mol. The SMILES string of the molecule is Cc1cc(C(=O)N2C[C@H]([C@H](C)Oc3ccc(Cl)cn3)[C@@H](c3ccc(F)c(F)c3)C2)c(C)nn1. The number of carbonyl (C=O) groups excluding carboxylic acids is 1. The standard InChI is InChI=1S/C24H23ClF2N4O2/c1-13-8-18(14(2)30-29-13)24(32)31-11-19(15(3)33-23-7-5-17(25)10-28-23)20(12-31)16-4-6-21(26)22(27)9-16/h4-10,15,19-20H,11-12H2,1-3H3/t15-,19+,20+/m0/s1. The highest BCUT2D eigenvalue weighted by Gasteiger charge is 2.41. The number of rotatable bonds is 5. The number of aromatic nitrogens is 3. The third-order valence-electron chi connectivity index (χ3n) is 5.97. The Labute approximate surface area is 195 Å². The summed E-state index contributed by atoms with van der Waals surface area (Å²) in [6, 6.07) is 8.91. The van der Waals surface area contributed by atoms with Crippen molar-refractivity contribution in [3.05, 3.63) is 81.8 Å². The minimum absolute atomic E-state index is 0.183. The highest BCUT2D eigenvalue weighted by atomic mass is 35.5. The predicted octanol–water partition coefficient (Wildman–Crippen LogP) is 4.74. The second kappa shape index (κ2) is 9.39. The Hall–Kier alpha value is -3.13. The molecule has 4 rings (SSSR count). The van der Waals surface area contributed by atoms with E-state index in [1.165, 1.54) is 12.3 Å². The maximum Gasteiger partial charge on any atom is 0.255 e. The molecule has 0 bridgehead atoms. The first-order valence-corrected chi connectivity index (χ1v) is 10.9. The van der Waals surface area contributed by atoms with Crippen LogP contribution in [0.4, 0.5) is 8.78 Å². The number of pyridine rings is 1. The second-order valence-corrected chi connectivity index (χ2v) is 8.71. The second-order valence-electron chi connectivity index (χ2n) is 8.28. The molecule has 6 nitrogen and oxygen atoms in total. The van der Waals surface area contributed by atoms with E-state index in [-0.39, 0.29) is 23.8 Å². The van der Waals surface area contributed by atoms with Crippen molar-refractivity contribution >= 4 is 17.5 Å². The Kier molecular flexibility index (Phi) is 6.56. The van der Waals surface area contributed by atoms with E-state index in [9.17, 15) is 13.6 Å². The van der Waals surface area contributed by atoms with E-state index in [0.29, 0.717) is 46.5 Å². The van der Waals surface area contributed by atoms with Crippen molar-refractivity contribution < 1.29 is 18.3 Å². The fourth-order valence-electron chi connectivity index (χ4n) is 4.21. The lowest BCUT2D eigenvalue weighted by atomic mass is 9.85. The van der Waals surface area contributed by atoms with Gasteiger partial charge in [-0.15, -0.1) is 0 Å². The van der Waals surface area contributed by atoms with Crippen LogP contribution in [-0.4, -0.2) is 45.2 Å².